The van der Waals surface area contributed by atoms with E-state index < -0.39 is 0 Å². The van der Waals surface area contributed by atoms with Gasteiger partial charge in [0.15, 0.2) is 6.54 Å². The first-order chi connectivity index (χ1) is 14.3. The Kier molecular flexibility index (Phi) is 9.06. The van der Waals surface area contributed by atoms with Gasteiger partial charge in [0, 0.05) is 36.8 Å². The van der Waals surface area contributed by atoms with Crippen LogP contribution in [0.4, 0.5) is 5.69 Å². The zero-order valence-electron chi connectivity index (χ0n) is 18.9. The van der Waals surface area contributed by atoms with Crippen molar-refractivity contribution in [2.45, 2.75) is 46.1 Å². The Balaban J connectivity index is 1.93. The average Bonchev–Trinajstić information content (AvgIpc) is 2.73. The number of carbonyl (C=O) groups is 2. The summed E-state index contributed by atoms with van der Waals surface area (Å²) >= 11 is 0. The predicted molar refractivity (Wildman–Crippen MR) is 123 cm³/mol. The number of benzene rings is 2. The number of aryl methyl sites for hydroxylation is 1. The van der Waals surface area contributed by atoms with Gasteiger partial charge in [0.2, 0.25) is 0 Å². The molecule has 2 amide bonds. The smallest absolute Gasteiger partial charge is 0.279 e. The monoisotopic (exact) mass is 410 g/mol. The molecule has 0 radical (unpaired) electrons. The van der Waals surface area contributed by atoms with E-state index in [2.05, 4.69) is 55.7 Å². The molecule has 1 atom stereocenters. The van der Waals surface area contributed by atoms with E-state index in [4.69, 9.17) is 0 Å². The second-order valence-corrected chi connectivity index (χ2v) is 8.38. The summed E-state index contributed by atoms with van der Waals surface area (Å²) in [5.74, 6) is 0.309. The molecule has 0 aliphatic heterocycles. The Morgan fingerprint density at radius 2 is 1.63 bits per heavy atom. The van der Waals surface area contributed by atoms with Crippen molar-refractivity contribution < 1.29 is 14.9 Å². The highest BCUT2D eigenvalue weighted by atomic mass is 16.2. The van der Waals surface area contributed by atoms with E-state index in [-0.39, 0.29) is 17.9 Å². The zero-order chi connectivity index (χ0) is 22.1. The molecule has 5 nitrogen and oxygen atoms in total. The van der Waals surface area contributed by atoms with Crippen LogP contribution in [0, 0.1) is 5.92 Å². The quantitative estimate of drug-likeness (QED) is 0.628. The number of carbonyl (C=O) groups excluding carboxylic acids is 2. The first kappa shape index (κ1) is 23.6. The summed E-state index contributed by atoms with van der Waals surface area (Å²) in [5, 5.41) is 5.02. The molecule has 2 rings (SSSR count). The van der Waals surface area contributed by atoms with Crippen molar-refractivity contribution in [2.24, 2.45) is 5.92 Å². The van der Waals surface area contributed by atoms with E-state index in [1.807, 2.05) is 0 Å². The molecule has 0 heterocycles. The normalized spacial score (nSPS) is 11.9. The summed E-state index contributed by atoms with van der Waals surface area (Å²) in [7, 11) is 3.44. The first-order valence-corrected chi connectivity index (χ1v) is 10.9. The maximum absolute atomic E-state index is 12.5. The summed E-state index contributed by atoms with van der Waals surface area (Å²) in [6.07, 6.45) is 3.53. The van der Waals surface area contributed by atoms with Crippen molar-refractivity contribution in [1.82, 2.24) is 4.90 Å². The molecule has 2 aromatic carbocycles. The molecule has 3 N–H and O–H groups in total. The van der Waals surface area contributed by atoms with E-state index >= 15 is 0 Å². The van der Waals surface area contributed by atoms with Crippen LogP contribution in [-0.2, 0) is 11.2 Å². The summed E-state index contributed by atoms with van der Waals surface area (Å²) in [6, 6.07) is 16.1. The van der Waals surface area contributed by atoms with Gasteiger partial charge >= 0.3 is 0 Å². The van der Waals surface area contributed by atoms with Crippen molar-refractivity contribution in [3.63, 3.8) is 0 Å². The number of quaternary nitrogens is 1. The molecule has 0 aliphatic carbocycles. The lowest BCUT2D eigenvalue weighted by Crippen LogP contribution is -2.88. The molecule has 5 heteroatoms. The van der Waals surface area contributed by atoms with Gasteiger partial charge in [-0.25, -0.2) is 0 Å². The van der Waals surface area contributed by atoms with E-state index in [9.17, 15) is 9.59 Å². The van der Waals surface area contributed by atoms with Gasteiger partial charge in [-0.1, -0.05) is 51.5 Å². The minimum absolute atomic E-state index is 0.0492. The maximum Gasteiger partial charge on any atom is 0.279 e. The van der Waals surface area contributed by atoms with Gasteiger partial charge in [-0.2, -0.15) is 0 Å². The number of hydrogen-bond acceptors (Lipinski definition) is 2. The third-order valence-corrected chi connectivity index (χ3v) is 5.28. The summed E-state index contributed by atoms with van der Waals surface area (Å²) in [4.78, 5) is 25.9. The van der Waals surface area contributed by atoms with Gasteiger partial charge < -0.3 is 15.5 Å². The van der Waals surface area contributed by atoms with Crippen LogP contribution < -0.4 is 10.6 Å². The summed E-state index contributed by atoms with van der Waals surface area (Å²) in [5.41, 5.74) is 3.93. The summed E-state index contributed by atoms with van der Waals surface area (Å²) < 4.78 is 0. The predicted octanol–water partition coefficient (Wildman–Crippen LogP) is 3.63. The molecule has 30 heavy (non-hydrogen) atoms. The van der Waals surface area contributed by atoms with Crippen LogP contribution in [0.25, 0.3) is 0 Å². The maximum atomic E-state index is 12.5. The topological polar surface area (TPSA) is 66.0 Å². The van der Waals surface area contributed by atoms with Crippen LogP contribution in [0.3, 0.4) is 0 Å². The van der Waals surface area contributed by atoms with Crippen LogP contribution in [0.2, 0.25) is 0 Å². The Hall–Kier alpha value is -2.66. The van der Waals surface area contributed by atoms with Gasteiger partial charge in [-0.05, 0) is 42.7 Å². The van der Waals surface area contributed by atoms with Crippen molar-refractivity contribution in [3.05, 3.63) is 65.2 Å². The first-order valence-electron chi connectivity index (χ1n) is 10.9. The molecule has 0 saturated carbocycles. The minimum Gasteiger partial charge on any atom is -0.345 e. The van der Waals surface area contributed by atoms with Crippen LogP contribution in [-0.4, -0.2) is 37.4 Å². The van der Waals surface area contributed by atoms with Gasteiger partial charge in [-0.15, -0.1) is 0 Å². The van der Waals surface area contributed by atoms with E-state index in [1.54, 1.807) is 38.4 Å². The number of amides is 2. The fourth-order valence-electron chi connectivity index (χ4n) is 3.48. The van der Waals surface area contributed by atoms with Crippen LogP contribution in [0.1, 0.15) is 61.1 Å². The third kappa shape index (κ3) is 6.99. The zero-order valence-corrected chi connectivity index (χ0v) is 18.9. The van der Waals surface area contributed by atoms with Gasteiger partial charge in [0.1, 0.15) is 6.04 Å². The second-order valence-electron chi connectivity index (χ2n) is 8.38. The number of hydrogen-bond donors (Lipinski definition) is 2. The van der Waals surface area contributed by atoms with E-state index in [1.165, 1.54) is 28.9 Å². The van der Waals surface area contributed by atoms with Gasteiger partial charge in [0.05, 0.1) is 0 Å². The van der Waals surface area contributed by atoms with E-state index in [0.29, 0.717) is 23.7 Å². The molecule has 2 aromatic rings. The highest BCUT2D eigenvalue weighted by Gasteiger charge is 2.20. The molecule has 0 fully saturated rings. The fraction of sp³-hybridized carbons (Fsp3) is 0.440. The largest absolute Gasteiger partial charge is 0.345 e. The molecule has 0 bridgehead atoms. The number of nitrogens with zero attached hydrogens (tertiary/aromatic N) is 1. The Labute approximate surface area is 180 Å². The van der Waals surface area contributed by atoms with Crippen LogP contribution >= 0.6 is 0 Å². The molecule has 0 saturated heterocycles. The molecule has 0 aliphatic rings. The van der Waals surface area contributed by atoms with Gasteiger partial charge in [0.25, 0.3) is 11.8 Å². The molecule has 0 aromatic heterocycles. The van der Waals surface area contributed by atoms with Crippen molar-refractivity contribution in [2.75, 3.05) is 26.0 Å². The van der Waals surface area contributed by atoms with Crippen LogP contribution in [0.5, 0.6) is 0 Å². The number of anilines is 1. The number of rotatable bonds is 10. The van der Waals surface area contributed by atoms with Gasteiger partial charge in [-0.3, -0.25) is 9.59 Å². The van der Waals surface area contributed by atoms with Crippen molar-refractivity contribution >= 4 is 17.5 Å². The minimum atomic E-state index is -0.0540. The lowest BCUT2D eigenvalue weighted by Gasteiger charge is -2.20. The number of nitrogens with one attached hydrogen (secondary N) is 1. The third-order valence-electron chi connectivity index (χ3n) is 5.28. The lowest BCUT2D eigenvalue weighted by molar-refractivity contribution is -0.692. The SMILES string of the molecule is CCCCc1ccc([C@@H]([NH2+]CC(=O)Nc2ccc(C(=O)N(C)C)cc2)C(C)C)cc1. The number of nitrogens with two attached hydrogens (primary N) is 1. The average molecular weight is 411 g/mol. The lowest BCUT2D eigenvalue weighted by atomic mass is 9.94. The molecule has 0 spiro atoms. The summed E-state index contributed by atoms with van der Waals surface area (Å²) in [6.45, 7) is 6.93. The fourth-order valence-corrected chi connectivity index (χ4v) is 3.48. The molecule has 0 unspecified atom stereocenters. The van der Waals surface area contributed by atoms with Crippen LogP contribution in [0.15, 0.2) is 48.5 Å². The molecular formula is C25H36N3O2+. The number of unbranched alkanes of at least 4 members (excludes halogenated alkanes) is 1. The molecule has 162 valence electrons. The second kappa shape index (κ2) is 11.5. The Bertz CT molecular complexity index is 811. The highest BCUT2D eigenvalue weighted by molar-refractivity contribution is 5.95. The Morgan fingerprint density at radius 1 is 1.00 bits per heavy atom. The molecular weight excluding hydrogens is 374 g/mol. The Morgan fingerprint density at radius 3 is 2.17 bits per heavy atom. The highest BCUT2D eigenvalue weighted by Crippen LogP contribution is 2.19. The van der Waals surface area contributed by atoms with Crippen molar-refractivity contribution in [3.8, 4) is 0 Å². The standard InChI is InChI=1S/C25H35N3O2/c1-6-7-8-19-9-11-20(12-10-19)24(18(2)3)26-17-23(29)27-22-15-13-21(14-16-22)25(30)28(4)5/h9-16,18,24,26H,6-8,17H2,1-5H3,(H,27,29)/p+1/t24-/m0/s1. The van der Waals surface area contributed by atoms with Crippen molar-refractivity contribution in [1.29, 1.82) is 0 Å². The van der Waals surface area contributed by atoms with E-state index in [0.717, 1.165) is 6.42 Å².